The first-order valence-electron chi connectivity index (χ1n) is 7.36. The predicted octanol–water partition coefficient (Wildman–Crippen LogP) is 2.00. The minimum absolute atomic E-state index is 0.102. The second-order valence-electron chi connectivity index (χ2n) is 5.83. The maximum absolute atomic E-state index is 12.4. The molecule has 0 saturated carbocycles. The summed E-state index contributed by atoms with van der Waals surface area (Å²) in [5, 5.41) is 4.19. The Labute approximate surface area is 132 Å². The predicted molar refractivity (Wildman–Crippen MR) is 88.9 cm³/mol. The molecule has 2 aromatic rings. The molecule has 0 atom stereocenters. The minimum atomic E-state index is 0.102. The first kappa shape index (κ1) is 16.1. The summed E-state index contributed by atoms with van der Waals surface area (Å²) in [5.41, 5.74) is 4.31. The van der Waals surface area contributed by atoms with Crippen molar-refractivity contribution >= 4 is 11.6 Å². The van der Waals surface area contributed by atoms with Gasteiger partial charge in [0.25, 0.3) is 0 Å². The number of benzene rings is 1. The van der Waals surface area contributed by atoms with E-state index in [2.05, 4.69) is 22.1 Å². The van der Waals surface area contributed by atoms with E-state index >= 15 is 0 Å². The first-order valence-corrected chi connectivity index (χ1v) is 7.36. The third-order valence-electron chi connectivity index (χ3n) is 3.99. The Kier molecular flexibility index (Phi) is 4.85. The number of anilines is 1. The summed E-state index contributed by atoms with van der Waals surface area (Å²) in [4.78, 5) is 16.3. The van der Waals surface area contributed by atoms with Gasteiger partial charge in [-0.1, -0.05) is 18.2 Å². The number of para-hydroxylation sites is 1. The normalized spacial score (nSPS) is 10.6. The first-order chi connectivity index (χ1) is 10.4. The van der Waals surface area contributed by atoms with Crippen LogP contribution in [0.5, 0.6) is 0 Å². The van der Waals surface area contributed by atoms with Crippen LogP contribution < -0.4 is 4.90 Å². The number of hydrogen-bond donors (Lipinski definition) is 0. The van der Waals surface area contributed by atoms with Crippen molar-refractivity contribution in [3.05, 3.63) is 47.3 Å². The third kappa shape index (κ3) is 3.47. The van der Waals surface area contributed by atoms with Gasteiger partial charge in [-0.25, -0.2) is 0 Å². The van der Waals surface area contributed by atoms with Crippen LogP contribution in [0, 0.1) is 6.92 Å². The van der Waals surface area contributed by atoms with E-state index in [-0.39, 0.29) is 5.91 Å². The maximum atomic E-state index is 12.4. The molecule has 0 aliphatic carbocycles. The molecule has 0 unspecified atom stereocenters. The summed E-state index contributed by atoms with van der Waals surface area (Å²) in [6, 6.07) is 8.15. The highest BCUT2D eigenvalue weighted by Crippen LogP contribution is 2.19. The zero-order valence-corrected chi connectivity index (χ0v) is 14.0. The lowest BCUT2D eigenvalue weighted by atomic mass is 10.1. The van der Waals surface area contributed by atoms with E-state index in [0.29, 0.717) is 13.0 Å². The van der Waals surface area contributed by atoms with Crippen molar-refractivity contribution in [1.82, 2.24) is 14.7 Å². The monoisotopic (exact) mass is 300 g/mol. The van der Waals surface area contributed by atoms with Crippen molar-refractivity contribution < 1.29 is 4.79 Å². The van der Waals surface area contributed by atoms with Gasteiger partial charge in [0.2, 0.25) is 5.91 Å². The fourth-order valence-corrected chi connectivity index (χ4v) is 2.44. The molecule has 0 radical (unpaired) electrons. The Balaban J connectivity index is 2.07. The molecule has 1 aromatic heterocycles. The molecule has 1 heterocycles. The van der Waals surface area contributed by atoms with Crippen LogP contribution >= 0.6 is 0 Å². The molecule has 118 valence electrons. The number of amides is 1. The number of aromatic nitrogens is 2. The number of likely N-dealkylation sites (N-methyl/N-ethyl adjacent to an activating group) is 1. The minimum Gasteiger partial charge on any atom is -0.377 e. The highest BCUT2D eigenvalue weighted by atomic mass is 16.2. The van der Waals surface area contributed by atoms with Gasteiger partial charge in [0.15, 0.2) is 0 Å². The molecule has 5 heteroatoms. The third-order valence-corrected chi connectivity index (χ3v) is 3.99. The summed E-state index contributed by atoms with van der Waals surface area (Å²) >= 11 is 0. The van der Waals surface area contributed by atoms with Crippen LogP contribution in [-0.2, 0) is 24.8 Å². The van der Waals surface area contributed by atoms with Crippen LogP contribution in [0.4, 0.5) is 5.69 Å². The summed E-state index contributed by atoms with van der Waals surface area (Å²) < 4.78 is 1.80. The highest BCUT2D eigenvalue weighted by molar-refractivity contribution is 5.79. The van der Waals surface area contributed by atoms with Crippen molar-refractivity contribution in [2.45, 2.75) is 19.9 Å². The largest absolute Gasteiger partial charge is 0.377 e. The Morgan fingerprint density at radius 2 is 1.86 bits per heavy atom. The van der Waals surface area contributed by atoms with Gasteiger partial charge in [-0.05, 0) is 18.6 Å². The molecule has 0 N–H and O–H groups in total. The molecular weight excluding hydrogens is 276 g/mol. The average molecular weight is 300 g/mol. The number of carbonyl (C=O) groups is 1. The molecule has 0 bridgehead atoms. The van der Waals surface area contributed by atoms with Crippen molar-refractivity contribution in [2.24, 2.45) is 7.05 Å². The van der Waals surface area contributed by atoms with Crippen molar-refractivity contribution in [3.8, 4) is 0 Å². The lowest BCUT2D eigenvalue weighted by Crippen LogP contribution is -2.28. The van der Waals surface area contributed by atoms with Gasteiger partial charge in [-0.2, -0.15) is 5.10 Å². The van der Waals surface area contributed by atoms with Crippen LogP contribution in [0.15, 0.2) is 30.5 Å². The molecule has 1 aromatic carbocycles. The van der Waals surface area contributed by atoms with E-state index in [4.69, 9.17) is 0 Å². The SMILES string of the molecule is Cc1c(CC(=O)N(C)Cc2ccccc2N(C)C)cnn1C. The Hall–Kier alpha value is -2.30. The molecule has 2 rings (SSSR count). The van der Waals surface area contributed by atoms with Gasteiger partial charge in [-0.3, -0.25) is 9.48 Å². The van der Waals surface area contributed by atoms with E-state index in [9.17, 15) is 4.79 Å². The van der Waals surface area contributed by atoms with E-state index in [1.807, 2.05) is 47.2 Å². The molecule has 0 aliphatic rings. The zero-order valence-electron chi connectivity index (χ0n) is 14.0. The van der Waals surface area contributed by atoms with E-state index < -0.39 is 0 Å². The van der Waals surface area contributed by atoms with Gasteiger partial charge < -0.3 is 9.80 Å². The Morgan fingerprint density at radius 3 is 2.45 bits per heavy atom. The number of rotatable bonds is 5. The Bertz CT molecular complexity index is 660. The average Bonchev–Trinajstić information content (AvgIpc) is 2.79. The molecule has 1 amide bonds. The smallest absolute Gasteiger partial charge is 0.227 e. The second-order valence-corrected chi connectivity index (χ2v) is 5.83. The summed E-state index contributed by atoms with van der Waals surface area (Å²) in [6.07, 6.45) is 2.16. The molecule has 22 heavy (non-hydrogen) atoms. The van der Waals surface area contributed by atoms with E-state index in [1.165, 1.54) is 0 Å². The number of nitrogens with zero attached hydrogens (tertiary/aromatic N) is 4. The fraction of sp³-hybridized carbons (Fsp3) is 0.412. The van der Waals surface area contributed by atoms with Crippen molar-refractivity contribution in [1.29, 1.82) is 0 Å². The molecule has 0 spiro atoms. The molecular formula is C17H24N4O. The lowest BCUT2D eigenvalue weighted by molar-refractivity contribution is -0.129. The number of aryl methyl sites for hydroxylation is 1. The van der Waals surface area contributed by atoms with Crippen LogP contribution in [0.3, 0.4) is 0 Å². The molecule has 0 fully saturated rings. The van der Waals surface area contributed by atoms with Crippen molar-refractivity contribution in [3.63, 3.8) is 0 Å². The van der Waals surface area contributed by atoms with Gasteiger partial charge in [0.05, 0.1) is 12.6 Å². The molecule has 0 saturated heterocycles. The van der Waals surface area contributed by atoms with E-state index in [0.717, 1.165) is 22.5 Å². The number of hydrogen-bond acceptors (Lipinski definition) is 3. The quantitative estimate of drug-likeness (QED) is 0.848. The van der Waals surface area contributed by atoms with Crippen LogP contribution in [0.25, 0.3) is 0 Å². The van der Waals surface area contributed by atoms with Crippen LogP contribution in [0.1, 0.15) is 16.8 Å². The molecule has 5 nitrogen and oxygen atoms in total. The van der Waals surface area contributed by atoms with Crippen LogP contribution in [-0.4, -0.2) is 41.7 Å². The van der Waals surface area contributed by atoms with Crippen LogP contribution in [0.2, 0.25) is 0 Å². The summed E-state index contributed by atoms with van der Waals surface area (Å²) in [7, 11) is 7.76. The zero-order chi connectivity index (χ0) is 16.3. The van der Waals surface area contributed by atoms with Gasteiger partial charge in [0, 0.05) is 51.7 Å². The van der Waals surface area contributed by atoms with Gasteiger partial charge in [0.1, 0.15) is 0 Å². The summed E-state index contributed by atoms with van der Waals surface area (Å²) in [5.74, 6) is 0.102. The fourth-order valence-electron chi connectivity index (χ4n) is 2.44. The van der Waals surface area contributed by atoms with Gasteiger partial charge >= 0.3 is 0 Å². The van der Waals surface area contributed by atoms with Gasteiger partial charge in [-0.15, -0.1) is 0 Å². The van der Waals surface area contributed by atoms with Crippen molar-refractivity contribution in [2.75, 3.05) is 26.0 Å². The van der Waals surface area contributed by atoms with E-state index in [1.54, 1.807) is 15.8 Å². The lowest BCUT2D eigenvalue weighted by Gasteiger charge is -2.22. The topological polar surface area (TPSA) is 41.4 Å². The maximum Gasteiger partial charge on any atom is 0.227 e. The Morgan fingerprint density at radius 1 is 1.18 bits per heavy atom. The number of carbonyl (C=O) groups excluding carboxylic acids is 1. The second kappa shape index (κ2) is 6.64. The highest BCUT2D eigenvalue weighted by Gasteiger charge is 2.15. The standard InChI is InChI=1S/C17H24N4O/c1-13-15(11-18-21(13)5)10-17(22)20(4)12-14-8-6-7-9-16(14)19(2)3/h6-9,11H,10,12H2,1-5H3. The summed E-state index contributed by atoms with van der Waals surface area (Å²) in [6.45, 7) is 2.59. The molecule has 0 aliphatic heterocycles.